The van der Waals surface area contributed by atoms with Crippen molar-refractivity contribution in [1.29, 1.82) is 0 Å². The second-order valence-corrected chi connectivity index (χ2v) is 4.59. The fourth-order valence-electron chi connectivity index (χ4n) is 1.86. The molecule has 0 unspecified atom stereocenters. The van der Waals surface area contributed by atoms with E-state index in [1.54, 1.807) is 6.20 Å². The molecule has 0 N–H and O–H groups in total. The zero-order chi connectivity index (χ0) is 13.1. The van der Waals surface area contributed by atoms with Gasteiger partial charge >= 0.3 is 0 Å². The summed E-state index contributed by atoms with van der Waals surface area (Å²) >= 11 is 6.00. The summed E-state index contributed by atoms with van der Waals surface area (Å²) in [6, 6.07) is 15.5. The number of ether oxygens (including phenoxy) is 1. The van der Waals surface area contributed by atoms with Crippen molar-refractivity contribution in [1.82, 2.24) is 10.2 Å². The highest BCUT2D eigenvalue weighted by atomic mass is 35.5. The number of benzene rings is 2. The van der Waals surface area contributed by atoms with Crippen LogP contribution in [-0.2, 0) is 6.61 Å². The van der Waals surface area contributed by atoms with Crippen molar-refractivity contribution in [3.05, 3.63) is 65.3 Å². The molecule has 0 amide bonds. The Balaban J connectivity index is 1.90. The lowest BCUT2D eigenvalue weighted by molar-refractivity contribution is 0.294. The van der Waals surface area contributed by atoms with E-state index in [-0.39, 0.29) is 0 Å². The summed E-state index contributed by atoms with van der Waals surface area (Å²) < 4.78 is 5.73. The molecule has 1 aromatic heterocycles. The van der Waals surface area contributed by atoms with Gasteiger partial charge in [0.1, 0.15) is 6.61 Å². The van der Waals surface area contributed by atoms with Crippen molar-refractivity contribution in [3.8, 4) is 5.88 Å². The van der Waals surface area contributed by atoms with Crippen molar-refractivity contribution in [3.63, 3.8) is 0 Å². The largest absolute Gasteiger partial charge is 0.471 e. The van der Waals surface area contributed by atoms with Gasteiger partial charge in [0.05, 0.1) is 6.20 Å². The van der Waals surface area contributed by atoms with Crippen LogP contribution in [0.25, 0.3) is 10.8 Å². The van der Waals surface area contributed by atoms with E-state index >= 15 is 0 Å². The second-order valence-electron chi connectivity index (χ2n) is 4.16. The van der Waals surface area contributed by atoms with Gasteiger partial charge in [0.2, 0.25) is 5.88 Å². The molecule has 0 bridgehead atoms. The third-order valence-electron chi connectivity index (χ3n) is 2.81. The van der Waals surface area contributed by atoms with Gasteiger partial charge < -0.3 is 4.74 Å². The highest BCUT2D eigenvalue weighted by molar-refractivity contribution is 6.31. The summed E-state index contributed by atoms with van der Waals surface area (Å²) in [7, 11) is 0. The van der Waals surface area contributed by atoms with Gasteiger partial charge in [-0.15, -0.1) is 5.10 Å². The molecule has 3 aromatic rings. The van der Waals surface area contributed by atoms with Crippen molar-refractivity contribution in [2.24, 2.45) is 0 Å². The molecule has 2 aromatic carbocycles. The first-order valence-electron chi connectivity index (χ1n) is 5.90. The maximum absolute atomic E-state index is 6.00. The summed E-state index contributed by atoms with van der Waals surface area (Å²) in [5.41, 5.74) is 1.09. The maximum Gasteiger partial charge on any atom is 0.241 e. The third-order valence-corrected chi connectivity index (χ3v) is 3.04. The topological polar surface area (TPSA) is 35.0 Å². The molecule has 0 saturated carbocycles. The normalized spacial score (nSPS) is 10.6. The van der Waals surface area contributed by atoms with Gasteiger partial charge in [-0.1, -0.05) is 48.0 Å². The Hall–Kier alpha value is -2.13. The van der Waals surface area contributed by atoms with Crippen LogP contribution >= 0.6 is 11.6 Å². The van der Waals surface area contributed by atoms with Gasteiger partial charge in [-0.3, -0.25) is 0 Å². The predicted molar refractivity (Wildman–Crippen MR) is 75.3 cm³/mol. The molecule has 4 heteroatoms. The average molecular weight is 271 g/mol. The molecule has 0 spiro atoms. The summed E-state index contributed by atoms with van der Waals surface area (Å²) in [6.07, 6.45) is 1.70. The molecule has 3 nitrogen and oxygen atoms in total. The minimum Gasteiger partial charge on any atom is -0.471 e. The SMILES string of the molecule is Clc1ccc2cnnc(OCc3ccccc3)c2c1. The number of fused-ring (bicyclic) bond motifs is 1. The van der Waals surface area contributed by atoms with Crippen LogP contribution in [0.4, 0.5) is 0 Å². The van der Waals surface area contributed by atoms with E-state index in [1.165, 1.54) is 0 Å². The number of rotatable bonds is 3. The van der Waals surface area contributed by atoms with E-state index < -0.39 is 0 Å². The van der Waals surface area contributed by atoms with Gasteiger partial charge in [-0.2, -0.15) is 5.10 Å². The van der Waals surface area contributed by atoms with Crippen LogP contribution in [-0.4, -0.2) is 10.2 Å². The molecule has 3 rings (SSSR count). The highest BCUT2D eigenvalue weighted by Crippen LogP contribution is 2.25. The molecular weight excluding hydrogens is 260 g/mol. The van der Waals surface area contributed by atoms with Crippen molar-refractivity contribution in [2.45, 2.75) is 6.61 Å². The van der Waals surface area contributed by atoms with Gasteiger partial charge in [-0.25, -0.2) is 0 Å². The standard InChI is InChI=1S/C15H11ClN2O/c16-13-7-6-12-9-17-18-15(14(12)8-13)19-10-11-4-2-1-3-5-11/h1-9H,10H2. The minimum atomic E-state index is 0.459. The van der Waals surface area contributed by atoms with Crippen LogP contribution in [0, 0.1) is 0 Å². The molecule has 0 aliphatic rings. The highest BCUT2D eigenvalue weighted by Gasteiger charge is 2.05. The fraction of sp³-hybridized carbons (Fsp3) is 0.0667. The van der Waals surface area contributed by atoms with E-state index in [0.717, 1.165) is 16.3 Å². The van der Waals surface area contributed by atoms with E-state index in [1.807, 2.05) is 48.5 Å². The lowest BCUT2D eigenvalue weighted by Crippen LogP contribution is -1.98. The summed E-state index contributed by atoms with van der Waals surface area (Å²) in [5, 5.41) is 10.5. The number of hydrogen-bond donors (Lipinski definition) is 0. The third kappa shape index (κ3) is 2.66. The van der Waals surface area contributed by atoms with Crippen LogP contribution < -0.4 is 4.74 Å². The Morgan fingerprint density at radius 3 is 2.74 bits per heavy atom. The number of hydrogen-bond acceptors (Lipinski definition) is 3. The molecule has 0 aliphatic heterocycles. The molecule has 0 aliphatic carbocycles. The predicted octanol–water partition coefficient (Wildman–Crippen LogP) is 3.86. The zero-order valence-corrected chi connectivity index (χ0v) is 10.8. The van der Waals surface area contributed by atoms with Crippen molar-refractivity contribution < 1.29 is 4.74 Å². The van der Waals surface area contributed by atoms with Crippen LogP contribution in [0.2, 0.25) is 5.02 Å². The van der Waals surface area contributed by atoms with Gasteiger partial charge in [0, 0.05) is 15.8 Å². The average Bonchev–Trinajstić information content (AvgIpc) is 2.46. The first kappa shape index (κ1) is 11.9. The van der Waals surface area contributed by atoms with Gasteiger partial charge in [0.25, 0.3) is 0 Å². The lowest BCUT2D eigenvalue weighted by Gasteiger charge is -2.07. The van der Waals surface area contributed by atoms with Gasteiger partial charge in [-0.05, 0) is 17.7 Å². The van der Waals surface area contributed by atoms with Crippen LogP contribution in [0.15, 0.2) is 54.7 Å². The molecule has 19 heavy (non-hydrogen) atoms. The van der Waals surface area contributed by atoms with E-state index in [2.05, 4.69) is 10.2 Å². The Morgan fingerprint density at radius 1 is 1.05 bits per heavy atom. The maximum atomic E-state index is 6.00. The zero-order valence-electron chi connectivity index (χ0n) is 10.1. The monoisotopic (exact) mass is 270 g/mol. The molecular formula is C15H11ClN2O. The number of aromatic nitrogens is 2. The summed E-state index contributed by atoms with van der Waals surface area (Å²) in [6.45, 7) is 0.459. The fourth-order valence-corrected chi connectivity index (χ4v) is 2.03. The number of nitrogens with zero attached hydrogens (tertiary/aromatic N) is 2. The van der Waals surface area contributed by atoms with Crippen molar-refractivity contribution >= 4 is 22.4 Å². The Kier molecular flexibility index (Phi) is 3.29. The molecule has 0 radical (unpaired) electrons. The first-order chi connectivity index (χ1) is 9.33. The molecule has 94 valence electrons. The molecule has 1 heterocycles. The van der Waals surface area contributed by atoms with E-state index in [0.29, 0.717) is 17.5 Å². The Bertz CT molecular complexity index is 701. The molecule has 0 fully saturated rings. The second kappa shape index (κ2) is 5.24. The smallest absolute Gasteiger partial charge is 0.241 e. The van der Waals surface area contributed by atoms with E-state index in [4.69, 9.17) is 16.3 Å². The molecule has 0 atom stereocenters. The van der Waals surface area contributed by atoms with Gasteiger partial charge in [0.15, 0.2) is 0 Å². The quantitative estimate of drug-likeness (QED) is 0.725. The Labute approximate surface area is 115 Å². The minimum absolute atomic E-state index is 0.459. The van der Waals surface area contributed by atoms with Crippen molar-refractivity contribution in [2.75, 3.05) is 0 Å². The van der Waals surface area contributed by atoms with Crippen LogP contribution in [0.5, 0.6) is 5.88 Å². The lowest BCUT2D eigenvalue weighted by atomic mass is 10.2. The van der Waals surface area contributed by atoms with Crippen LogP contribution in [0.1, 0.15) is 5.56 Å². The number of halogens is 1. The molecule has 0 saturated heterocycles. The van der Waals surface area contributed by atoms with Crippen LogP contribution in [0.3, 0.4) is 0 Å². The first-order valence-corrected chi connectivity index (χ1v) is 6.28. The van der Waals surface area contributed by atoms with E-state index in [9.17, 15) is 0 Å². The Morgan fingerprint density at radius 2 is 1.89 bits per heavy atom. The summed E-state index contributed by atoms with van der Waals surface area (Å²) in [5.74, 6) is 0.504. The summed E-state index contributed by atoms with van der Waals surface area (Å²) in [4.78, 5) is 0.